The van der Waals surface area contributed by atoms with E-state index in [1.807, 2.05) is 6.92 Å². The summed E-state index contributed by atoms with van der Waals surface area (Å²) in [5.74, 6) is -1.12. The molecule has 1 atom stereocenters. The van der Waals surface area contributed by atoms with Crippen LogP contribution in [0.25, 0.3) is 0 Å². The molecule has 3 amide bonds. The highest BCUT2D eigenvalue weighted by atomic mass is 16.2. The Kier molecular flexibility index (Phi) is 3.79. The molecular weight excluding hydrogens is 198 g/mol. The van der Waals surface area contributed by atoms with Crippen LogP contribution in [0.1, 0.15) is 19.8 Å². The van der Waals surface area contributed by atoms with E-state index in [1.165, 1.54) is 4.90 Å². The molecule has 0 aromatic rings. The fraction of sp³-hybridized carbons (Fsp3) is 0.667. The van der Waals surface area contributed by atoms with Crippen LogP contribution >= 0.6 is 0 Å². The Morgan fingerprint density at radius 1 is 1.47 bits per heavy atom. The van der Waals surface area contributed by atoms with Crippen LogP contribution in [0.5, 0.6) is 0 Å². The van der Waals surface area contributed by atoms with Gasteiger partial charge in [-0.25, -0.2) is 0 Å². The first-order valence-electron chi connectivity index (χ1n) is 4.89. The van der Waals surface area contributed by atoms with Gasteiger partial charge in [0.05, 0.1) is 0 Å². The molecule has 1 aliphatic rings. The van der Waals surface area contributed by atoms with E-state index in [0.29, 0.717) is 6.42 Å². The van der Waals surface area contributed by atoms with E-state index in [4.69, 9.17) is 5.73 Å². The molecule has 6 heteroatoms. The van der Waals surface area contributed by atoms with Crippen LogP contribution in [0.3, 0.4) is 0 Å². The lowest BCUT2D eigenvalue weighted by Crippen LogP contribution is -2.54. The van der Waals surface area contributed by atoms with Crippen LogP contribution in [0, 0.1) is 0 Å². The summed E-state index contributed by atoms with van der Waals surface area (Å²) in [6.07, 6.45) is 0.872. The Morgan fingerprint density at radius 2 is 2.00 bits per heavy atom. The highest BCUT2D eigenvalue weighted by molar-refractivity contribution is 6.02. The van der Waals surface area contributed by atoms with Crippen molar-refractivity contribution in [3.05, 3.63) is 0 Å². The van der Waals surface area contributed by atoms with E-state index < -0.39 is 11.8 Å². The molecule has 0 radical (unpaired) electrons. The fourth-order valence-corrected chi connectivity index (χ4v) is 1.31. The Morgan fingerprint density at radius 3 is 2.47 bits per heavy atom. The normalized spacial score (nSPS) is 18.7. The number of carbonyl (C=O) groups excluding carboxylic acids is 3. The monoisotopic (exact) mass is 213 g/mol. The number of rotatable bonds is 3. The third-order valence-corrected chi connectivity index (χ3v) is 2.26. The van der Waals surface area contributed by atoms with Gasteiger partial charge < -0.3 is 10.6 Å². The topological polar surface area (TPSA) is 92.5 Å². The molecule has 1 heterocycles. The van der Waals surface area contributed by atoms with Crippen molar-refractivity contribution in [2.75, 3.05) is 13.1 Å². The van der Waals surface area contributed by atoms with Gasteiger partial charge in [0.2, 0.25) is 17.7 Å². The number of hydrogen-bond donors (Lipinski definition) is 2. The number of nitrogens with zero attached hydrogens (tertiary/aromatic N) is 1. The zero-order valence-corrected chi connectivity index (χ0v) is 8.66. The van der Waals surface area contributed by atoms with Crippen molar-refractivity contribution in [1.82, 2.24) is 10.2 Å². The van der Waals surface area contributed by atoms with Gasteiger partial charge in [-0.2, -0.15) is 0 Å². The molecule has 3 N–H and O–H groups in total. The van der Waals surface area contributed by atoms with Gasteiger partial charge in [-0.1, -0.05) is 6.92 Å². The molecule has 0 aliphatic carbocycles. The maximum absolute atomic E-state index is 11.6. The van der Waals surface area contributed by atoms with Crippen molar-refractivity contribution in [2.24, 2.45) is 5.73 Å². The quantitative estimate of drug-likeness (QED) is 0.564. The highest BCUT2D eigenvalue weighted by Crippen LogP contribution is 2.02. The Labute approximate surface area is 87.8 Å². The van der Waals surface area contributed by atoms with Gasteiger partial charge in [-0.15, -0.1) is 0 Å². The molecule has 1 fully saturated rings. The van der Waals surface area contributed by atoms with Gasteiger partial charge in [-0.3, -0.25) is 19.7 Å². The van der Waals surface area contributed by atoms with Crippen LogP contribution in [0.2, 0.25) is 0 Å². The molecule has 0 aromatic heterocycles. The summed E-state index contributed by atoms with van der Waals surface area (Å²) in [5.41, 5.74) is 5.62. The number of piperazine rings is 1. The largest absolute Gasteiger partial charge is 0.327 e. The van der Waals surface area contributed by atoms with Crippen molar-refractivity contribution in [2.45, 2.75) is 25.8 Å². The molecule has 1 saturated heterocycles. The molecule has 84 valence electrons. The molecule has 0 saturated carbocycles. The van der Waals surface area contributed by atoms with Crippen LogP contribution in [-0.2, 0) is 14.4 Å². The van der Waals surface area contributed by atoms with E-state index in [-0.39, 0.29) is 31.5 Å². The minimum Gasteiger partial charge on any atom is -0.327 e. The summed E-state index contributed by atoms with van der Waals surface area (Å²) in [4.78, 5) is 34.8. The lowest BCUT2D eigenvalue weighted by molar-refractivity contribution is -0.145. The summed E-state index contributed by atoms with van der Waals surface area (Å²) >= 11 is 0. The average Bonchev–Trinajstić information content (AvgIpc) is 2.16. The minimum atomic E-state index is -0.440. The predicted molar refractivity (Wildman–Crippen MR) is 52.6 cm³/mol. The summed E-state index contributed by atoms with van der Waals surface area (Å²) in [7, 11) is 0. The minimum absolute atomic E-state index is 0.0546. The van der Waals surface area contributed by atoms with Crippen molar-refractivity contribution in [3.8, 4) is 0 Å². The van der Waals surface area contributed by atoms with Gasteiger partial charge in [0, 0.05) is 12.5 Å². The maximum Gasteiger partial charge on any atom is 0.246 e. The molecule has 15 heavy (non-hydrogen) atoms. The van der Waals surface area contributed by atoms with Gasteiger partial charge in [0.15, 0.2) is 0 Å². The first-order chi connectivity index (χ1) is 7.02. The Bertz CT molecular complexity index is 274. The number of nitrogens with one attached hydrogen (secondary N) is 1. The lowest BCUT2D eigenvalue weighted by atomic mass is 10.1. The number of carbonyl (C=O) groups is 3. The molecule has 1 unspecified atom stereocenters. The third kappa shape index (κ3) is 3.32. The number of amides is 3. The van der Waals surface area contributed by atoms with Crippen LogP contribution in [0.15, 0.2) is 0 Å². The standard InChI is InChI=1S/C9H15N3O3/c1-2-6(10)3-9(15)12-4-7(13)11-8(14)5-12/h6H,2-5,10H2,1H3,(H,11,13,14). The summed E-state index contributed by atoms with van der Waals surface area (Å²) in [5, 5.41) is 2.13. The van der Waals surface area contributed by atoms with Crippen LogP contribution in [-0.4, -0.2) is 41.8 Å². The zero-order valence-electron chi connectivity index (χ0n) is 8.66. The summed E-state index contributed by atoms with van der Waals surface area (Å²) < 4.78 is 0. The second-order valence-corrected chi connectivity index (χ2v) is 3.59. The van der Waals surface area contributed by atoms with E-state index in [1.54, 1.807) is 0 Å². The third-order valence-electron chi connectivity index (χ3n) is 2.26. The van der Waals surface area contributed by atoms with E-state index in [0.717, 1.165) is 0 Å². The van der Waals surface area contributed by atoms with Crippen molar-refractivity contribution in [3.63, 3.8) is 0 Å². The lowest BCUT2D eigenvalue weighted by Gasteiger charge is -2.26. The second kappa shape index (κ2) is 4.88. The van der Waals surface area contributed by atoms with E-state index >= 15 is 0 Å². The molecular formula is C9H15N3O3. The van der Waals surface area contributed by atoms with Gasteiger partial charge in [0.25, 0.3) is 0 Å². The van der Waals surface area contributed by atoms with E-state index in [9.17, 15) is 14.4 Å². The van der Waals surface area contributed by atoms with Crippen LogP contribution < -0.4 is 11.1 Å². The van der Waals surface area contributed by atoms with Crippen LogP contribution in [0.4, 0.5) is 0 Å². The van der Waals surface area contributed by atoms with Gasteiger partial charge >= 0.3 is 0 Å². The maximum atomic E-state index is 11.6. The zero-order chi connectivity index (χ0) is 11.4. The highest BCUT2D eigenvalue weighted by Gasteiger charge is 2.26. The van der Waals surface area contributed by atoms with Gasteiger partial charge in [-0.05, 0) is 6.42 Å². The first kappa shape index (κ1) is 11.6. The molecule has 0 aromatic carbocycles. The molecule has 1 rings (SSSR count). The number of imide groups is 1. The Balaban J connectivity index is 2.52. The predicted octanol–water partition coefficient (Wildman–Crippen LogP) is -1.40. The van der Waals surface area contributed by atoms with Gasteiger partial charge in [0.1, 0.15) is 13.1 Å². The summed E-state index contributed by atoms with van der Waals surface area (Å²) in [6, 6.07) is -0.211. The number of nitrogens with two attached hydrogens (primary N) is 1. The first-order valence-corrected chi connectivity index (χ1v) is 4.89. The van der Waals surface area contributed by atoms with Crippen molar-refractivity contribution < 1.29 is 14.4 Å². The molecule has 0 bridgehead atoms. The molecule has 0 spiro atoms. The second-order valence-electron chi connectivity index (χ2n) is 3.59. The molecule has 1 aliphatic heterocycles. The van der Waals surface area contributed by atoms with Crippen molar-refractivity contribution >= 4 is 17.7 Å². The average molecular weight is 213 g/mol. The summed E-state index contributed by atoms with van der Waals surface area (Å²) in [6.45, 7) is 1.77. The van der Waals surface area contributed by atoms with Crippen molar-refractivity contribution in [1.29, 1.82) is 0 Å². The smallest absolute Gasteiger partial charge is 0.246 e. The molecule has 6 nitrogen and oxygen atoms in total. The Hall–Kier alpha value is -1.43. The SMILES string of the molecule is CCC(N)CC(=O)N1CC(=O)NC(=O)C1. The van der Waals surface area contributed by atoms with E-state index in [2.05, 4.69) is 5.32 Å². The fourth-order valence-electron chi connectivity index (χ4n) is 1.31. The number of hydrogen-bond acceptors (Lipinski definition) is 4.